The van der Waals surface area contributed by atoms with Gasteiger partial charge in [0.25, 0.3) is 11.2 Å². The molecule has 4 rings (SSSR count). The van der Waals surface area contributed by atoms with E-state index in [0.717, 1.165) is 17.5 Å². The second-order valence-corrected chi connectivity index (χ2v) is 7.71. The summed E-state index contributed by atoms with van der Waals surface area (Å²) in [5.41, 5.74) is 0.301. The van der Waals surface area contributed by atoms with Crippen molar-refractivity contribution in [1.82, 2.24) is 19.9 Å². The van der Waals surface area contributed by atoms with Gasteiger partial charge in [-0.1, -0.05) is 30.6 Å². The van der Waals surface area contributed by atoms with Crippen LogP contribution in [0.25, 0.3) is 5.69 Å². The highest BCUT2D eigenvalue weighted by Gasteiger charge is 2.32. The zero-order chi connectivity index (χ0) is 21.4. The van der Waals surface area contributed by atoms with Crippen molar-refractivity contribution in [2.24, 2.45) is 0 Å². The third-order valence-electron chi connectivity index (χ3n) is 5.02. The highest BCUT2D eigenvalue weighted by Crippen LogP contribution is 2.37. The first-order valence-electron chi connectivity index (χ1n) is 9.49. The normalized spacial score (nSPS) is 16.4. The zero-order valence-electron chi connectivity index (χ0n) is 16.4. The van der Waals surface area contributed by atoms with Crippen molar-refractivity contribution >= 4 is 23.0 Å². The van der Waals surface area contributed by atoms with E-state index in [-0.39, 0.29) is 22.7 Å². The van der Waals surface area contributed by atoms with Gasteiger partial charge in [-0.25, -0.2) is 0 Å². The largest absolute Gasteiger partial charge is 0.358 e. The molecule has 0 radical (unpaired) electrons. The van der Waals surface area contributed by atoms with Crippen LogP contribution in [0.15, 0.2) is 39.8 Å². The molecule has 3 aromatic rings. The van der Waals surface area contributed by atoms with Gasteiger partial charge in [-0.3, -0.25) is 14.9 Å². The number of hydrogen-bond acceptors (Lipinski definition) is 8. The summed E-state index contributed by atoms with van der Waals surface area (Å²) in [7, 11) is 0. The van der Waals surface area contributed by atoms with Crippen LogP contribution in [0.5, 0.6) is 0 Å². The molecule has 1 unspecified atom stereocenters. The number of nitrogens with zero attached hydrogens (tertiary/aromatic N) is 6. The highest BCUT2D eigenvalue weighted by atomic mass is 35.5. The second kappa shape index (κ2) is 7.86. The van der Waals surface area contributed by atoms with Crippen LogP contribution in [-0.4, -0.2) is 31.4 Å². The summed E-state index contributed by atoms with van der Waals surface area (Å²) in [5, 5.41) is 19.2. The van der Waals surface area contributed by atoms with Gasteiger partial charge < -0.3 is 9.42 Å². The second-order valence-electron chi connectivity index (χ2n) is 7.33. The molecule has 0 spiro atoms. The fourth-order valence-electron chi connectivity index (χ4n) is 3.46. The molecule has 0 N–H and O–H groups in total. The minimum atomic E-state index is -0.510. The van der Waals surface area contributed by atoms with Crippen LogP contribution in [0.4, 0.5) is 11.4 Å². The molecule has 30 heavy (non-hydrogen) atoms. The summed E-state index contributed by atoms with van der Waals surface area (Å²) in [6.07, 6.45) is 3.21. The Labute approximate surface area is 176 Å². The Bertz CT molecular complexity index is 1140. The lowest BCUT2D eigenvalue weighted by molar-refractivity contribution is -0.384. The Morgan fingerprint density at radius 3 is 2.67 bits per heavy atom. The fourth-order valence-corrected chi connectivity index (χ4v) is 3.70. The van der Waals surface area contributed by atoms with E-state index in [0.29, 0.717) is 29.6 Å². The van der Waals surface area contributed by atoms with Gasteiger partial charge in [0, 0.05) is 24.6 Å². The Morgan fingerprint density at radius 2 is 2.03 bits per heavy atom. The van der Waals surface area contributed by atoms with Gasteiger partial charge in [-0.2, -0.15) is 14.8 Å². The smallest absolute Gasteiger partial charge is 0.292 e. The van der Waals surface area contributed by atoms with Gasteiger partial charge >= 0.3 is 0 Å². The highest BCUT2D eigenvalue weighted by molar-refractivity contribution is 6.33. The maximum Gasteiger partial charge on any atom is 0.292 e. The lowest BCUT2D eigenvalue weighted by Crippen LogP contribution is -2.29. The minimum Gasteiger partial charge on any atom is -0.358 e. The molecule has 2 aromatic heterocycles. The monoisotopic (exact) mass is 430 g/mol. The van der Waals surface area contributed by atoms with Crippen LogP contribution in [0, 0.1) is 10.1 Å². The van der Waals surface area contributed by atoms with Crippen molar-refractivity contribution in [2.45, 2.75) is 38.6 Å². The Kier molecular flexibility index (Phi) is 5.25. The van der Waals surface area contributed by atoms with Crippen LogP contribution in [0.2, 0.25) is 5.02 Å². The molecule has 10 nitrogen and oxygen atoms in total. The standard InChI is InChI=1S/C19H19ClN6O4/c1-11(2)18-22-17(23-30-18)14-4-3-9-24(14)15-10-21-25(19(27)16(15)20)12-5-7-13(8-6-12)26(28)29/h5-8,10-11,14H,3-4,9H2,1-2H3. The number of nitro benzene ring substituents is 1. The number of rotatable bonds is 5. The van der Waals surface area contributed by atoms with Crippen molar-refractivity contribution < 1.29 is 9.45 Å². The van der Waals surface area contributed by atoms with Gasteiger partial charge in [-0.05, 0) is 25.0 Å². The van der Waals surface area contributed by atoms with Gasteiger partial charge in [0.2, 0.25) is 5.89 Å². The van der Waals surface area contributed by atoms with Crippen LogP contribution in [-0.2, 0) is 0 Å². The number of hydrogen-bond donors (Lipinski definition) is 0. The van der Waals surface area contributed by atoms with Crippen molar-refractivity contribution in [3.8, 4) is 5.69 Å². The molecule has 156 valence electrons. The Hall–Kier alpha value is -3.27. The Balaban J connectivity index is 1.67. The van der Waals surface area contributed by atoms with Crippen LogP contribution in [0.1, 0.15) is 50.4 Å². The van der Waals surface area contributed by atoms with E-state index >= 15 is 0 Å². The molecule has 1 saturated heterocycles. The van der Waals surface area contributed by atoms with E-state index < -0.39 is 10.5 Å². The first-order chi connectivity index (χ1) is 14.4. The minimum absolute atomic E-state index is 0.0165. The van der Waals surface area contributed by atoms with Crippen LogP contribution >= 0.6 is 11.6 Å². The van der Waals surface area contributed by atoms with Crippen molar-refractivity contribution in [3.05, 3.63) is 67.7 Å². The van der Waals surface area contributed by atoms with E-state index in [2.05, 4.69) is 15.2 Å². The first kappa shape index (κ1) is 20.0. The molecule has 1 atom stereocenters. The molecule has 1 aliphatic heterocycles. The van der Waals surface area contributed by atoms with Crippen LogP contribution < -0.4 is 10.5 Å². The number of halogens is 1. The summed E-state index contributed by atoms with van der Waals surface area (Å²) >= 11 is 6.43. The molecule has 0 aliphatic carbocycles. The third kappa shape index (κ3) is 3.54. The van der Waals surface area contributed by atoms with E-state index in [1.165, 1.54) is 30.5 Å². The maximum atomic E-state index is 12.9. The van der Waals surface area contributed by atoms with Crippen LogP contribution in [0.3, 0.4) is 0 Å². The molecule has 1 aromatic carbocycles. The first-order valence-corrected chi connectivity index (χ1v) is 9.87. The Morgan fingerprint density at radius 1 is 1.30 bits per heavy atom. The molecule has 0 bridgehead atoms. The van der Waals surface area contributed by atoms with Gasteiger partial charge in [0.05, 0.1) is 28.5 Å². The summed E-state index contributed by atoms with van der Waals surface area (Å²) in [4.78, 5) is 29.6. The van der Waals surface area contributed by atoms with Gasteiger partial charge in [0.15, 0.2) is 5.82 Å². The third-order valence-corrected chi connectivity index (χ3v) is 5.37. The predicted molar refractivity (Wildman–Crippen MR) is 109 cm³/mol. The molecular formula is C19H19ClN6O4. The maximum absolute atomic E-state index is 12.9. The van der Waals surface area contributed by atoms with Crippen molar-refractivity contribution in [2.75, 3.05) is 11.4 Å². The molecule has 11 heteroatoms. The average molecular weight is 431 g/mol. The lowest BCUT2D eigenvalue weighted by atomic mass is 10.2. The van der Waals surface area contributed by atoms with E-state index in [4.69, 9.17) is 16.1 Å². The summed E-state index contributed by atoms with van der Waals surface area (Å²) < 4.78 is 6.45. The molecule has 1 fully saturated rings. The lowest BCUT2D eigenvalue weighted by Gasteiger charge is -2.25. The molecular weight excluding hydrogens is 412 g/mol. The number of nitro groups is 1. The van der Waals surface area contributed by atoms with Gasteiger partial charge in [-0.15, -0.1) is 0 Å². The van der Waals surface area contributed by atoms with Crippen molar-refractivity contribution in [1.29, 1.82) is 0 Å². The summed E-state index contributed by atoms with van der Waals surface area (Å²) in [5.74, 6) is 1.25. The number of anilines is 1. The SMILES string of the molecule is CC(C)c1nc(C2CCCN2c2cnn(-c3ccc([N+](=O)[O-])cc3)c(=O)c2Cl)no1. The van der Waals surface area contributed by atoms with Gasteiger partial charge in [0.1, 0.15) is 5.02 Å². The van der Waals surface area contributed by atoms with Crippen molar-refractivity contribution in [3.63, 3.8) is 0 Å². The predicted octanol–water partition coefficient (Wildman–Crippen LogP) is 3.64. The summed E-state index contributed by atoms with van der Waals surface area (Å²) in [6.45, 7) is 4.63. The van der Waals surface area contributed by atoms with E-state index in [1.54, 1.807) is 0 Å². The average Bonchev–Trinajstić information content (AvgIpc) is 3.39. The zero-order valence-corrected chi connectivity index (χ0v) is 17.1. The molecule has 3 heterocycles. The quantitative estimate of drug-likeness (QED) is 0.444. The molecule has 1 aliphatic rings. The molecule has 0 saturated carbocycles. The number of aromatic nitrogens is 4. The number of non-ortho nitro benzene ring substituents is 1. The summed E-state index contributed by atoms with van der Waals surface area (Å²) in [6, 6.07) is 5.37. The number of benzene rings is 1. The fraction of sp³-hybridized carbons (Fsp3) is 0.368. The topological polar surface area (TPSA) is 120 Å². The van der Waals surface area contributed by atoms with E-state index in [9.17, 15) is 14.9 Å². The van der Waals surface area contributed by atoms with E-state index in [1.807, 2.05) is 18.7 Å². The molecule has 0 amide bonds.